The quantitative estimate of drug-likeness (QED) is 0.114. The van der Waals surface area contributed by atoms with Crippen LogP contribution in [0, 0.1) is 0 Å². The van der Waals surface area contributed by atoms with Crippen molar-refractivity contribution >= 4 is 23.7 Å². The number of ether oxygens (including phenoxy) is 2. The van der Waals surface area contributed by atoms with Crippen LogP contribution in [0.3, 0.4) is 0 Å². The lowest BCUT2D eigenvalue weighted by molar-refractivity contribution is 0.0423. The van der Waals surface area contributed by atoms with Crippen LogP contribution in [-0.4, -0.2) is 59.1 Å². The van der Waals surface area contributed by atoms with E-state index in [2.05, 4.69) is 62.8 Å². The van der Waals surface area contributed by atoms with Gasteiger partial charge >= 0.3 is 12.2 Å². The van der Waals surface area contributed by atoms with Crippen LogP contribution in [0.4, 0.5) is 21.1 Å². The van der Waals surface area contributed by atoms with E-state index >= 15 is 0 Å². The molecule has 48 heavy (non-hydrogen) atoms. The Balaban J connectivity index is 1.54. The number of hydrogen-bond acceptors (Lipinski definition) is 8. The van der Waals surface area contributed by atoms with Crippen LogP contribution >= 0.6 is 0 Å². The molecule has 11 heteroatoms. The van der Waals surface area contributed by atoms with Gasteiger partial charge in [0.25, 0.3) is 0 Å². The molecule has 1 aliphatic heterocycles. The van der Waals surface area contributed by atoms with Crippen LogP contribution < -0.4 is 26.2 Å². The van der Waals surface area contributed by atoms with E-state index in [0.717, 1.165) is 22.5 Å². The van der Waals surface area contributed by atoms with E-state index in [9.17, 15) is 9.59 Å². The molecule has 0 unspecified atom stereocenters. The van der Waals surface area contributed by atoms with Crippen LogP contribution in [-0.2, 0) is 21.6 Å². The number of nitrogens with zero attached hydrogens (tertiary/aromatic N) is 3. The molecule has 2 heterocycles. The number of hydrogen-bond donors (Lipinski definition) is 4. The number of amides is 2. The van der Waals surface area contributed by atoms with Crippen LogP contribution in [0.2, 0.25) is 0 Å². The Bertz CT molecular complexity index is 1520. The fourth-order valence-corrected chi connectivity index (χ4v) is 5.87. The zero-order valence-corrected chi connectivity index (χ0v) is 28.6. The van der Waals surface area contributed by atoms with Crippen LogP contribution in [0.15, 0.2) is 97.2 Å². The number of fused-ring (bicyclic) bond motifs is 1. The van der Waals surface area contributed by atoms with Crippen molar-refractivity contribution in [3.63, 3.8) is 0 Å². The van der Waals surface area contributed by atoms with Crippen molar-refractivity contribution in [2.45, 2.75) is 71.1 Å². The summed E-state index contributed by atoms with van der Waals surface area (Å²) in [6.45, 7) is 12.9. The summed E-state index contributed by atoms with van der Waals surface area (Å²) in [6, 6.07) is 31.0. The average Bonchev–Trinajstić information content (AvgIpc) is 3.66. The fraction of sp³-hybridized carbons (Fsp3) is 0.378. The van der Waals surface area contributed by atoms with Gasteiger partial charge in [0.15, 0.2) is 6.29 Å². The number of rotatable bonds is 11. The number of nitrogens with one attached hydrogen (secondary N) is 4. The van der Waals surface area contributed by atoms with E-state index in [0.29, 0.717) is 31.9 Å². The maximum Gasteiger partial charge on any atom is 0.410 e. The highest BCUT2D eigenvalue weighted by Gasteiger charge is 2.37. The number of anilines is 2. The molecule has 0 fully saturated rings. The van der Waals surface area contributed by atoms with Gasteiger partial charge in [0.1, 0.15) is 22.7 Å². The Morgan fingerprint density at radius 1 is 0.792 bits per heavy atom. The summed E-state index contributed by atoms with van der Waals surface area (Å²) >= 11 is 0. The van der Waals surface area contributed by atoms with Crippen LogP contribution in [0.1, 0.15) is 58.2 Å². The molecule has 0 radical (unpaired) electrons. The normalized spacial score (nSPS) is 13.0. The first-order chi connectivity index (χ1) is 22.9. The minimum absolute atomic E-state index is 0.338. The van der Waals surface area contributed by atoms with Crippen LogP contribution in [0.25, 0.3) is 0 Å². The predicted octanol–water partition coefficient (Wildman–Crippen LogP) is 6.03. The van der Waals surface area contributed by atoms with E-state index in [1.165, 1.54) is 0 Å². The molecule has 4 N–H and O–H groups in total. The second kappa shape index (κ2) is 14.4. The third kappa shape index (κ3) is 8.27. The van der Waals surface area contributed by atoms with E-state index < -0.39 is 35.2 Å². The third-order valence-electron chi connectivity index (χ3n) is 7.73. The highest BCUT2D eigenvalue weighted by Crippen LogP contribution is 2.37. The van der Waals surface area contributed by atoms with Crippen molar-refractivity contribution in [2.75, 3.05) is 29.9 Å². The number of alkyl carbamates (subject to hydrolysis) is 2. The first kappa shape index (κ1) is 34.3. The van der Waals surface area contributed by atoms with Gasteiger partial charge < -0.3 is 19.7 Å². The summed E-state index contributed by atoms with van der Waals surface area (Å²) in [6.07, 6.45) is -0.690. The molecular weight excluding hydrogens is 606 g/mol. The predicted molar refractivity (Wildman–Crippen MR) is 188 cm³/mol. The first-order valence-electron chi connectivity index (χ1n) is 16.3. The number of carbonyl (C=O) groups excluding carboxylic acids is 2. The number of aromatic nitrogens is 2. The minimum Gasteiger partial charge on any atom is -0.444 e. The van der Waals surface area contributed by atoms with Gasteiger partial charge in [0.2, 0.25) is 0 Å². The Kier molecular flexibility index (Phi) is 10.3. The largest absolute Gasteiger partial charge is 0.444 e. The van der Waals surface area contributed by atoms with E-state index in [4.69, 9.17) is 9.47 Å². The lowest BCUT2D eigenvalue weighted by Crippen LogP contribution is -2.61. The second-order valence-corrected chi connectivity index (χ2v) is 13.7. The molecule has 3 aromatic carbocycles. The maximum absolute atomic E-state index is 13.2. The molecule has 1 aromatic heterocycles. The standard InChI is InChI=1S/C37H47N7O4/c1-35(2,3)47-33(45)41-32(42-34(46)48-36(4,5)6)43(30-26-40-44-25-22-38-31(30)44)24-23-39-37(27-16-10-7-11-17-27,28-18-12-8-13-19-28)29-20-14-9-15-21-29/h7-21,26,32,38-39H,22-25H2,1-6H3,(H,41,45)(H,42,46). The molecule has 0 saturated heterocycles. The Labute approximate surface area is 283 Å². The molecule has 254 valence electrons. The van der Waals surface area contributed by atoms with E-state index in [-0.39, 0.29) is 0 Å². The SMILES string of the molecule is CC(C)(C)OC(=O)NC(NC(=O)OC(C)(C)C)N(CCNC(c1ccccc1)(c1ccccc1)c1ccccc1)c1cnn2c1NCC2. The van der Waals surface area contributed by atoms with Crippen molar-refractivity contribution in [1.82, 2.24) is 25.7 Å². The summed E-state index contributed by atoms with van der Waals surface area (Å²) < 4.78 is 13.1. The molecule has 4 aromatic rings. The van der Waals surface area contributed by atoms with Gasteiger partial charge in [-0.1, -0.05) is 91.0 Å². The van der Waals surface area contributed by atoms with Gasteiger partial charge in [-0.05, 0) is 58.2 Å². The van der Waals surface area contributed by atoms with Gasteiger partial charge in [0, 0.05) is 19.6 Å². The summed E-state index contributed by atoms with van der Waals surface area (Å²) in [5, 5.41) is 17.6. The van der Waals surface area contributed by atoms with Crippen molar-refractivity contribution < 1.29 is 19.1 Å². The van der Waals surface area contributed by atoms with Crippen molar-refractivity contribution in [1.29, 1.82) is 0 Å². The summed E-state index contributed by atoms with van der Waals surface area (Å²) in [7, 11) is 0. The molecule has 5 rings (SSSR count). The summed E-state index contributed by atoms with van der Waals surface area (Å²) in [5.74, 6) is 0.789. The Hall–Kier alpha value is -5.03. The van der Waals surface area contributed by atoms with Gasteiger partial charge in [-0.2, -0.15) is 5.10 Å². The van der Waals surface area contributed by atoms with Crippen molar-refractivity contribution in [3.05, 3.63) is 114 Å². The Morgan fingerprint density at radius 2 is 1.25 bits per heavy atom. The van der Waals surface area contributed by atoms with Gasteiger partial charge in [-0.15, -0.1) is 0 Å². The summed E-state index contributed by atoms with van der Waals surface area (Å²) in [5.41, 5.74) is 1.67. The molecule has 11 nitrogen and oxygen atoms in total. The maximum atomic E-state index is 13.2. The third-order valence-corrected chi connectivity index (χ3v) is 7.73. The number of benzene rings is 3. The second-order valence-electron chi connectivity index (χ2n) is 13.7. The lowest BCUT2D eigenvalue weighted by Gasteiger charge is -2.39. The minimum atomic E-state index is -1.05. The fourth-order valence-electron chi connectivity index (χ4n) is 5.87. The molecule has 0 bridgehead atoms. The molecule has 1 aliphatic rings. The Morgan fingerprint density at radius 3 is 1.69 bits per heavy atom. The molecule has 2 amide bonds. The van der Waals surface area contributed by atoms with Crippen LogP contribution in [0.5, 0.6) is 0 Å². The summed E-state index contributed by atoms with van der Waals surface area (Å²) in [4.78, 5) is 28.3. The molecular formula is C37H47N7O4. The highest BCUT2D eigenvalue weighted by molar-refractivity contribution is 5.74. The lowest BCUT2D eigenvalue weighted by atomic mass is 9.77. The topological polar surface area (TPSA) is 122 Å². The molecule has 0 aliphatic carbocycles. The molecule has 0 atom stereocenters. The molecule has 0 saturated carbocycles. The highest BCUT2D eigenvalue weighted by atomic mass is 16.6. The smallest absolute Gasteiger partial charge is 0.410 e. The average molecular weight is 654 g/mol. The number of carbonyl (C=O) groups is 2. The first-order valence-corrected chi connectivity index (χ1v) is 16.3. The van der Waals surface area contributed by atoms with Crippen molar-refractivity contribution in [3.8, 4) is 0 Å². The zero-order chi connectivity index (χ0) is 34.4. The monoisotopic (exact) mass is 653 g/mol. The van der Waals surface area contributed by atoms with Crippen molar-refractivity contribution in [2.24, 2.45) is 0 Å². The van der Waals surface area contributed by atoms with Gasteiger partial charge in [0.05, 0.1) is 18.3 Å². The van der Waals surface area contributed by atoms with E-state index in [1.54, 1.807) is 47.7 Å². The van der Waals surface area contributed by atoms with E-state index in [1.807, 2.05) is 64.2 Å². The van der Waals surface area contributed by atoms with Gasteiger partial charge in [-0.3, -0.25) is 16.0 Å². The zero-order valence-electron chi connectivity index (χ0n) is 28.6. The van der Waals surface area contributed by atoms with Gasteiger partial charge in [-0.25, -0.2) is 14.3 Å². The molecule has 0 spiro atoms.